The summed E-state index contributed by atoms with van der Waals surface area (Å²) in [4.78, 5) is 15.3. The maximum Gasteiger partial charge on any atom is 0.391 e. The summed E-state index contributed by atoms with van der Waals surface area (Å²) in [5, 5.41) is 8.44. The van der Waals surface area contributed by atoms with Gasteiger partial charge in [0.25, 0.3) is 5.91 Å². The molecule has 5 nitrogen and oxygen atoms in total. The first-order valence-corrected chi connectivity index (χ1v) is 5.70. The summed E-state index contributed by atoms with van der Waals surface area (Å²) in [7, 11) is 0. The Morgan fingerprint density at radius 2 is 2.22 bits per heavy atom. The van der Waals surface area contributed by atoms with Gasteiger partial charge in [0.2, 0.25) is 5.82 Å². The Hall–Kier alpha value is -1.60. The van der Waals surface area contributed by atoms with Crippen LogP contribution in [0.2, 0.25) is 0 Å². The Morgan fingerprint density at radius 1 is 1.44 bits per heavy atom. The number of alkyl halides is 3. The topological polar surface area (TPSA) is 70.7 Å². The van der Waals surface area contributed by atoms with Gasteiger partial charge in [0.15, 0.2) is 0 Å². The van der Waals surface area contributed by atoms with Crippen LogP contribution < -0.4 is 5.32 Å². The number of aromatic amines is 1. The lowest BCUT2D eigenvalue weighted by Crippen LogP contribution is -2.41. The minimum Gasteiger partial charge on any atom is -0.347 e. The number of amides is 1. The first kappa shape index (κ1) is 12.8. The third kappa shape index (κ3) is 2.99. The van der Waals surface area contributed by atoms with Crippen LogP contribution in [0.5, 0.6) is 0 Å². The van der Waals surface area contributed by atoms with Crippen LogP contribution >= 0.6 is 0 Å². The molecular weight excluding hydrogens is 249 g/mol. The quantitative estimate of drug-likeness (QED) is 0.851. The fraction of sp³-hybridized carbons (Fsp3) is 0.700. The SMILES string of the molecule is O=C(NC1CCCC(C(F)(F)F)C1)c1ncn[nH]1. The Bertz CT molecular complexity index is 404. The highest BCUT2D eigenvalue weighted by atomic mass is 19.4. The summed E-state index contributed by atoms with van der Waals surface area (Å²) < 4.78 is 37.8. The van der Waals surface area contributed by atoms with Crippen molar-refractivity contribution in [3.8, 4) is 0 Å². The van der Waals surface area contributed by atoms with Crippen LogP contribution in [0, 0.1) is 5.92 Å². The number of hydrogen-bond donors (Lipinski definition) is 2. The van der Waals surface area contributed by atoms with Crippen molar-refractivity contribution in [2.75, 3.05) is 0 Å². The van der Waals surface area contributed by atoms with Gasteiger partial charge in [-0.05, 0) is 19.3 Å². The van der Waals surface area contributed by atoms with E-state index in [-0.39, 0.29) is 18.7 Å². The Balaban J connectivity index is 1.92. The van der Waals surface area contributed by atoms with E-state index in [4.69, 9.17) is 0 Å². The predicted molar refractivity (Wildman–Crippen MR) is 55.6 cm³/mol. The monoisotopic (exact) mass is 262 g/mol. The number of aromatic nitrogens is 3. The molecule has 18 heavy (non-hydrogen) atoms. The van der Waals surface area contributed by atoms with E-state index in [1.54, 1.807) is 0 Å². The molecule has 1 saturated carbocycles. The van der Waals surface area contributed by atoms with Gasteiger partial charge in [-0.3, -0.25) is 9.89 Å². The number of nitrogens with zero attached hydrogens (tertiary/aromatic N) is 2. The molecule has 1 aromatic heterocycles. The number of rotatable bonds is 2. The average Bonchev–Trinajstić information content (AvgIpc) is 2.81. The predicted octanol–water partition coefficient (Wildman–Crippen LogP) is 1.66. The molecule has 0 aromatic carbocycles. The summed E-state index contributed by atoms with van der Waals surface area (Å²) in [5.74, 6) is -1.82. The molecule has 1 aliphatic carbocycles. The van der Waals surface area contributed by atoms with E-state index in [1.165, 1.54) is 6.33 Å². The van der Waals surface area contributed by atoms with Gasteiger partial charge in [-0.15, -0.1) is 0 Å². The van der Waals surface area contributed by atoms with Crippen LogP contribution in [0.25, 0.3) is 0 Å². The minimum absolute atomic E-state index is 0.0177. The molecule has 1 fully saturated rings. The van der Waals surface area contributed by atoms with Crippen LogP contribution in [0.1, 0.15) is 36.3 Å². The van der Waals surface area contributed by atoms with Crippen molar-refractivity contribution in [1.82, 2.24) is 20.5 Å². The molecule has 8 heteroatoms. The molecule has 0 saturated heterocycles. The number of carbonyl (C=O) groups excluding carboxylic acids is 1. The summed E-state index contributed by atoms with van der Waals surface area (Å²) >= 11 is 0. The number of halogens is 3. The van der Waals surface area contributed by atoms with Gasteiger partial charge < -0.3 is 5.32 Å². The maximum absolute atomic E-state index is 12.6. The van der Waals surface area contributed by atoms with Crippen molar-refractivity contribution in [3.05, 3.63) is 12.2 Å². The number of nitrogens with one attached hydrogen (secondary N) is 2. The molecule has 0 aliphatic heterocycles. The molecule has 1 amide bonds. The molecule has 100 valence electrons. The maximum atomic E-state index is 12.6. The molecule has 1 heterocycles. The van der Waals surface area contributed by atoms with E-state index in [2.05, 4.69) is 20.5 Å². The molecule has 0 radical (unpaired) electrons. The third-order valence-corrected chi connectivity index (χ3v) is 3.10. The normalized spacial score (nSPS) is 24.8. The van der Waals surface area contributed by atoms with Gasteiger partial charge in [0.05, 0.1) is 5.92 Å². The summed E-state index contributed by atoms with van der Waals surface area (Å²) in [6.07, 6.45) is -1.91. The second-order valence-electron chi connectivity index (χ2n) is 4.41. The third-order valence-electron chi connectivity index (χ3n) is 3.10. The number of hydrogen-bond acceptors (Lipinski definition) is 3. The highest BCUT2D eigenvalue weighted by Crippen LogP contribution is 2.37. The van der Waals surface area contributed by atoms with Crippen LogP contribution in [0.3, 0.4) is 0 Å². The average molecular weight is 262 g/mol. The molecule has 1 aromatic rings. The van der Waals surface area contributed by atoms with Crippen LogP contribution in [-0.4, -0.2) is 33.3 Å². The standard InChI is InChI=1S/C10H13F3N4O/c11-10(12,13)6-2-1-3-7(4-6)16-9(18)8-14-5-15-17-8/h5-7H,1-4H2,(H,16,18)(H,14,15,17). The highest BCUT2D eigenvalue weighted by molar-refractivity contribution is 5.90. The van der Waals surface area contributed by atoms with E-state index in [0.29, 0.717) is 12.8 Å². The lowest BCUT2D eigenvalue weighted by atomic mass is 9.85. The molecule has 2 unspecified atom stereocenters. The van der Waals surface area contributed by atoms with E-state index < -0.39 is 24.0 Å². The molecule has 1 aliphatic rings. The van der Waals surface area contributed by atoms with E-state index in [9.17, 15) is 18.0 Å². The van der Waals surface area contributed by atoms with Gasteiger partial charge in [0.1, 0.15) is 6.33 Å². The van der Waals surface area contributed by atoms with Crippen molar-refractivity contribution >= 4 is 5.91 Å². The van der Waals surface area contributed by atoms with Crippen molar-refractivity contribution in [3.63, 3.8) is 0 Å². The molecule has 2 N–H and O–H groups in total. The highest BCUT2D eigenvalue weighted by Gasteiger charge is 2.42. The van der Waals surface area contributed by atoms with Crippen molar-refractivity contribution in [2.45, 2.75) is 37.9 Å². The molecule has 0 spiro atoms. The number of carbonyl (C=O) groups is 1. The Morgan fingerprint density at radius 3 is 2.83 bits per heavy atom. The first-order valence-electron chi connectivity index (χ1n) is 5.70. The second kappa shape index (κ2) is 4.95. The lowest BCUT2D eigenvalue weighted by Gasteiger charge is -2.30. The van der Waals surface area contributed by atoms with Crippen molar-refractivity contribution < 1.29 is 18.0 Å². The van der Waals surface area contributed by atoms with Crippen molar-refractivity contribution in [1.29, 1.82) is 0 Å². The summed E-state index contributed by atoms with van der Waals surface area (Å²) in [6, 6.07) is -0.456. The fourth-order valence-electron chi connectivity index (χ4n) is 2.19. The van der Waals surface area contributed by atoms with Gasteiger partial charge in [-0.2, -0.15) is 18.3 Å². The van der Waals surface area contributed by atoms with Gasteiger partial charge in [-0.1, -0.05) is 6.42 Å². The zero-order valence-corrected chi connectivity index (χ0v) is 9.50. The molecular formula is C10H13F3N4O. The van der Waals surface area contributed by atoms with Gasteiger partial charge >= 0.3 is 6.18 Å². The Kier molecular flexibility index (Phi) is 3.53. The molecule has 2 atom stereocenters. The number of H-pyrrole nitrogens is 1. The van der Waals surface area contributed by atoms with E-state index in [0.717, 1.165) is 0 Å². The van der Waals surface area contributed by atoms with Crippen molar-refractivity contribution in [2.24, 2.45) is 5.92 Å². The smallest absolute Gasteiger partial charge is 0.347 e. The zero-order valence-electron chi connectivity index (χ0n) is 9.50. The first-order chi connectivity index (χ1) is 8.47. The van der Waals surface area contributed by atoms with E-state index >= 15 is 0 Å². The van der Waals surface area contributed by atoms with Gasteiger partial charge in [0, 0.05) is 6.04 Å². The zero-order chi connectivity index (χ0) is 13.2. The minimum atomic E-state index is -4.18. The van der Waals surface area contributed by atoms with Crippen LogP contribution in [0.4, 0.5) is 13.2 Å². The largest absolute Gasteiger partial charge is 0.391 e. The molecule has 0 bridgehead atoms. The van der Waals surface area contributed by atoms with E-state index in [1.807, 2.05) is 0 Å². The van der Waals surface area contributed by atoms with Crippen LogP contribution in [-0.2, 0) is 0 Å². The second-order valence-corrected chi connectivity index (χ2v) is 4.41. The summed E-state index contributed by atoms with van der Waals surface area (Å²) in [6.45, 7) is 0. The fourth-order valence-corrected chi connectivity index (χ4v) is 2.19. The lowest BCUT2D eigenvalue weighted by molar-refractivity contribution is -0.183. The molecule has 2 rings (SSSR count). The van der Waals surface area contributed by atoms with Crippen LogP contribution in [0.15, 0.2) is 6.33 Å². The van der Waals surface area contributed by atoms with Gasteiger partial charge in [-0.25, -0.2) is 4.98 Å². The Labute approximate surface area is 101 Å². The summed E-state index contributed by atoms with van der Waals surface area (Å²) in [5.41, 5.74) is 0.